The summed E-state index contributed by atoms with van der Waals surface area (Å²) in [4.78, 5) is 36.1. The Morgan fingerprint density at radius 2 is 2.11 bits per heavy atom. The highest BCUT2D eigenvalue weighted by Crippen LogP contribution is 2.23. The van der Waals surface area contributed by atoms with E-state index in [4.69, 9.17) is 22.7 Å². The number of carbonyl (C=O) groups excluding carboxylic acids is 3. The summed E-state index contributed by atoms with van der Waals surface area (Å²) in [6.45, 7) is 0.0890. The lowest BCUT2D eigenvalue weighted by Crippen LogP contribution is -2.36. The highest BCUT2D eigenvalue weighted by atomic mass is 32.1. The number of anilines is 2. The number of benzene rings is 1. The van der Waals surface area contributed by atoms with E-state index in [1.807, 2.05) is 0 Å². The number of urea groups is 1. The zero-order chi connectivity index (χ0) is 20.7. The molecule has 0 bridgehead atoms. The van der Waals surface area contributed by atoms with Gasteiger partial charge < -0.3 is 31.2 Å². The molecule has 1 unspecified atom stereocenters. The van der Waals surface area contributed by atoms with E-state index in [1.54, 1.807) is 25.3 Å². The van der Waals surface area contributed by atoms with Crippen molar-refractivity contribution in [2.45, 2.75) is 18.9 Å². The number of carbonyl (C=O) groups is 3. The molecule has 1 saturated heterocycles. The first kappa shape index (κ1) is 21.2. The van der Waals surface area contributed by atoms with Gasteiger partial charge in [0, 0.05) is 12.6 Å². The fourth-order valence-electron chi connectivity index (χ4n) is 2.57. The first-order valence-corrected chi connectivity index (χ1v) is 8.93. The number of amides is 3. The number of hydrogen-bond donors (Lipinski definition) is 4. The molecule has 0 aliphatic carbocycles. The SMILES string of the molecule is COC(=O)CN1C(=O)NC(CCCNC(=S)Nc2ccc(OC)cc2N)C1=O. The maximum Gasteiger partial charge on any atom is 0.325 e. The summed E-state index contributed by atoms with van der Waals surface area (Å²) in [5, 5.41) is 8.93. The Morgan fingerprint density at radius 3 is 2.75 bits per heavy atom. The zero-order valence-electron chi connectivity index (χ0n) is 15.6. The lowest BCUT2D eigenvalue weighted by molar-refractivity contribution is -0.144. The molecule has 152 valence electrons. The van der Waals surface area contributed by atoms with Crippen LogP contribution in [0.3, 0.4) is 0 Å². The first-order valence-electron chi connectivity index (χ1n) is 8.52. The van der Waals surface area contributed by atoms with Gasteiger partial charge in [-0.2, -0.15) is 0 Å². The number of rotatable bonds is 8. The number of methoxy groups -OCH3 is 2. The van der Waals surface area contributed by atoms with Gasteiger partial charge in [0.2, 0.25) is 0 Å². The molecule has 0 radical (unpaired) electrons. The number of nitrogens with zero attached hydrogens (tertiary/aromatic N) is 1. The third-order valence-electron chi connectivity index (χ3n) is 4.08. The van der Waals surface area contributed by atoms with Crippen LogP contribution in [0.1, 0.15) is 12.8 Å². The molecular weight excluding hydrogens is 386 g/mol. The third-order valence-corrected chi connectivity index (χ3v) is 4.33. The molecule has 1 atom stereocenters. The number of thiocarbonyl (C=S) groups is 1. The van der Waals surface area contributed by atoms with Crippen molar-refractivity contribution in [3.63, 3.8) is 0 Å². The average Bonchev–Trinajstić information content (AvgIpc) is 2.94. The second kappa shape index (κ2) is 9.74. The Labute approximate surface area is 167 Å². The summed E-state index contributed by atoms with van der Waals surface area (Å²) in [7, 11) is 2.75. The molecule has 5 N–H and O–H groups in total. The average molecular weight is 409 g/mol. The Hall–Kier alpha value is -3.08. The fraction of sp³-hybridized carbons (Fsp3) is 0.412. The minimum Gasteiger partial charge on any atom is -0.497 e. The summed E-state index contributed by atoms with van der Waals surface area (Å²) >= 11 is 5.22. The zero-order valence-corrected chi connectivity index (χ0v) is 16.4. The Kier molecular flexibility index (Phi) is 7.38. The van der Waals surface area contributed by atoms with Gasteiger partial charge in [0.1, 0.15) is 18.3 Å². The fourth-order valence-corrected chi connectivity index (χ4v) is 2.78. The highest BCUT2D eigenvalue weighted by Gasteiger charge is 2.38. The van der Waals surface area contributed by atoms with Crippen molar-refractivity contribution < 1.29 is 23.9 Å². The van der Waals surface area contributed by atoms with Crippen molar-refractivity contribution in [1.82, 2.24) is 15.5 Å². The van der Waals surface area contributed by atoms with E-state index in [2.05, 4.69) is 20.7 Å². The minimum atomic E-state index is -0.669. The van der Waals surface area contributed by atoms with E-state index in [-0.39, 0.29) is 0 Å². The number of nitrogen functional groups attached to an aromatic ring is 1. The lowest BCUT2D eigenvalue weighted by atomic mass is 10.1. The molecule has 3 amide bonds. The van der Waals surface area contributed by atoms with E-state index in [0.717, 1.165) is 4.90 Å². The van der Waals surface area contributed by atoms with E-state index >= 15 is 0 Å². The van der Waals surface area contributed by atoms with Crippen LogP contribution >= 0.6 is 12.2 Å². The number of esters is 1. The quantitative estimate of drug-likeness (QED) is 0.158. The normalized spacial score (nSPS) is 15.8. The number of nitrogens with one attached hydrogen (secondary N) is 3. The number of hydrogen-bond acceptors (Lipinski definition) is 7. The van der Waals surface area contributed by atoms with Crippen LogP contribution in [0.15, 0.2) is 18.2 Å². The standard InChI is InChI=1S/C17H23N5O5S/c1-26-10-5-6-12(11(18)8-10)20-16(28)19-7-3-4-13-15(24)22(17(25)21-13)9-14(23)27-2/h5-6,8,13H,3-4,7,9,18H2,1-2H3,(H,21,25)(H2,19,20,28). The molecule has 1 aromatic rings. The molecule has 1 fully saturated rings. The predicted molar refractivity (Wildman–Crippen MR) is 107 cm³/mol. The van der Waals surface area contributed by atoms with E-state index in [1.165, 1.54) is 7.11 Å². The summed E-state index contributed by atoms with van der Waals surface area (Å²) in [6, 6.07) is 3.93. The summed E-state index contributed by atoms with van der Waals surface area (Å²) in [5.74, 6) is -0.450. The molecule has 0 spiro atoms. The van der Waals surface area contributed by atoms with Crippen LogP contribution in [0.4, 0.5) is 16.2 Å². The predicted octanol–water partition coefficient (Wildman–Crippen LogP) is 0.437. The molecule has 1 aliphatic rings. The van der Waals surface area contributed by atoms with Gasteiger partial charge in [-0.15, -0.1) is 0 Å². The molecule has 1 aliphatic heterocycles. The molecule has 10 nitrogen and oxygen atoms in total. The van der Waals surface area contributed by atoms with E-state index in [9.17, 15) is 14.4 Å². The number of imide groups is 1. The van der Waals surface area contributed by atoms with E-state index in [0.29, 0.717) is 41.6 Å². The van der Waals surface area contributed by atoms with Crippen LogP contribution < -0.4 is 26.4 Å². The molecule has 0 aromatic heterocycles. The molecule has 2 rings (SSSR count). The van der Waals surface area contributed by atoms with Crippen LogP contribution in [0.25, 0.3) is 0 Å². The van der Waals surface area contributed by atoms with Gasteiger partial charge in [-0.1, -0.05) is 0 Å². The monoisotopic (exact) mass is 409 g/mol. The molecular formula is C17H23N5O5S. The van der Waals surface area contributed by atoms with Crippen LogP contribution in [0.5, 0.6) is 5.75 Å². The Balaban J connectivity index is 1.74. The van der Waals surface area contributed by atoms with Crippen molar-refractivity contribution in [1.29, 1.82) is 0 Å². The number of ether oxygens (including phenoxy) is 2. The third kappa shape index (κ3) is 5.46. The van der Waals surface area contributed by atoms with Crippen molar-refractivity contribution >= 4 is 46.6 Å². The Bertz CT molecular complexity index is 772. The summed E-state index contributed by atoms with van der Waals surface area (Å²) in [5.41, 5.74) is 7.07. The maximum atomic E-state index is 12.2. The molecule has 28 heavy (non-hydrogen) atoms. The second-order valence-corrected chi connectivity index (χ2v) is 6.39. The Morgan fingerprint density at radius 1 is 1.36 bits per heavy atom. The van der Waals surface area contributed by atoms with E-state index < -0.39 is 30.5 Å². The minimum absolute atomic E-state index is 0.381. The van der Waals surface area contributed by atoms with Crippen LogP contribution in [0.2, 0.25) is 0 Å². The van der Waals surface area contributed by atoms with Gasteiger partial charge in [-0.05, 0) is 37.2 Å². The summed E-state index contributed by atoms with van der Waals surface area (Å²) < 4.78 is 9.57. The van der Waals surface area contributed by atoms with Gasteiger partial charge >= 0.3 is 12.0 Å². The van der Waals surface area contributed by atoms with Gasteiger partial charge in [0.25, 0.3) is 5.91 Å². The largest absolute Gasteiger partial charge is 0.497 e. The molecule has 11 heteroatoms. The van der Waals surface area contributed by atoms with Crippen LogP contribution in [0, 0.1) is 0 Å². The van der Waals surface area contributed by atoms with Crippen molar-refractivity contribution in [2.75, 3.05) is 38.4 Å². The molecule has 1 heterocycles. The smallest absolute Gasteiger partial charge is 0.325 e. The lowest BCUT2D eigenvalue weighted by Gasteiger charge is -2.14. The molecule has 0 saturated carbocycles. The van der Waals surface area contributed by atoms with Crippen molar-refractivity contribution in [3.8, 4) is 5.75 Å². The van der Waals surface area contributed by atoms with Crippen molar-refractivity contribution in [2.24, 2.45) is 0 Å². The van der Waals surface area contributed by atoms with Gasteiger partial charge in [0.05, 0.1) is 25.6 Å². The van der Waals surface area contributed by atoms with Crippen molar-refractivity contribution in [3.05, 3.63) is 18.2 Å². The number of nitrogens with two attached hydrogens (primary N) is 1. The van der Waals surface area contributed by atoms with Gasteiger partial charge in [-0.25, -0.2) is 4.79 Å². The maximum absolute atomic E-state index is 12.2. The summed E-state index contributed by atoms with van der Waals surface area (Å²) in [6.07, 6.45) is 0.977. The highest BCUT2D eigenvalue weighted by molar-refractivity contribution is 7.80. The first-order chi connectivity index (χ1) is 13.3. The van der Waals surface area contributed by atoms with Crippen LogP contribution in [-0.4, -0.2) is 61.3 Å². The second-order valence-electron chi connectivity index (χ2n) is 5.98. The van der Waals surface area contributed by atoms with Gasteiger partial charge in [0.15, 0.2) is 5.11 Å². The van der Waals surface area contributed by atoms with Gasteiger partial charge in [-0.3, -0.25) is 14.5 Å². The van der Waals surface area contributed by atoms with Crippen LogP contribution in [-0.2, 0) is 14.3 Å². The topological polar surface area (TPSA) is 135 Å². The molecule has 1 aromatic carbocycles.